The minimum absolute atomic E-state index is 0.0646. The molecule has 27 heavy (non-hydrogen) atoms. The van der Waals surface area contributed by atoms with Crippen molar-refractivity contribution in [2.75, 3.05) is 27.3 Å². The zero-order valence-corrected chi connectivity index (χ0v) is 16.5. The van der Waals surface area contributed by atoms with Gasteiger partial charge < -0.3 is 13.6 Å². The van der Waals surface area contributed by atoms with Crippen molar-refractivity contribution < 1.29 is 13.6 Å². The molecule has 1 aromatic heterocycles. The maximum Gasteiger partial charge on any atom is 0.351 e. The van der Waals surface area contributed by atoms with Gasteiger partial charge in [-0.2, -0.15) is 0 Å². The quantitative estimate of drug-likeness (QED) is 0.735. The SMILES string of the molecule is COP(=O)(OC)C(c1ccccc1)N1C[C@@H]2C[C@H](C1)c1cccc(=O)n1C2. The lowest BCUT2D eigenvalue weighted by molar-refractivity contribution is 0.0927. The lowest BCUT2D eigenvalue weighted by atomic mass is 9.83. The van der Waals surface area contributed by atoms with Gasteiger partial charge in [-0.15, -0.1) is 0 Å². The second-order valence-corrected chi connectivity index (χ2v) is 9.64. The number of hydrogen-bond donors (Lipinski definition) is 0. The first-order chi connectivity index (χ1) is 13.1. The summed E-state index contributed by atoms with van der Waals surface area (Å²) in [4.78, 5) is 14.5. The van der Waals surface area contributed by atoms with Crippen molar-refractivity contribution in [3.63, 3.8) is 0 Å². The van der Waals surface area contributed by atoms with E-state index in [9.17, 15) is 9.36 Å². The Labute approximate surface area is 159 Å². The summed E-state index contributed by atoms with van der Waals surface area (Å²) in [6.07, 6.45) is 1.05. The molecule has 2 bridgehead atoms. The van der Waals surface area contributed by atoms with Crippen LogP contribution in [-0.2, 0) is 20.2 Å². The highest BCUT2D eigenvalue weighted by Gasteiger charge is 2.45. The molecule has 1 unspecified atom stereocenters. The van der Waals surface area contributed by atoms with Crippen molar-refractivity contribution in [1.82, 2.24) is 9.47 Å². The third-order valence-corrected chi connectivity index (χ3v) is 8.00. The Kier molecular flexibility index (Phi) is 5.08. The summed E-state index contributed by atoms with van der Waals surface area (Å²) in [5.74, 6) is 0.116. The Morgan fingerprint density at radius 2 is 1.74 bits per heavy atom. The zero-order chi connectivity index (χ0) is 19.0. The normalized spacial score (nSPS) is 23.6. The molecular formula is C20H25N2O4P. The smallest absolute Gasteiger partial charge is 0.312 e. The molecule has 0 radical (unpaired) electrons. The van der Waals surface area contributed by atoms with Crippen molar-refractivity contribution in [3.8, 4) is 0 Å². The Morgan fingerprint density at radius 3 is 2.44 bits per heavy atom. The highest BCUT2D eigenvalue weighted by Crippen LogP contribution is 2.62. The summed E-state index contributed by atoms with van der Waals surface area (Å²) in [5.41, 5.74) is 2.06. The van der Waals surface area contributed by atoms with Gasteiger partial charge in [0.25, 0.3) is 5.56 Å². The maximum absolute atomic E-state index is 13.4. The van der Waals surface area contributed by atoms with Gasteiger partial charge in [-0.25, -0.2) is 0 Å². The van der Waals surface area contributed by atoms with Gasteiger partial charge in [0.15, 0.2) is 0 Å². The van der Waals surface area contributed by atoms with Crippen LogP contribution in [0.2, 0.25) is 0 Å². The van der Waals surface area contributed by atoms with E-state index in [4.69, 9.17) is 9.05 Å². The average molecular weight is 388 g/mol. The molecule has 1 saturated heterocycles. The van der Waals surface area contributed by atoms with Crippen molar-refractivity contribution in [2.45, 2.75) is 24.7 Å². The molecule has 2 aromatic rings. The van der Waals surface area contributed by atoms with E-state index in [0.29, 0.717) is 12.5 Å². The van der Waals surface area contributed by atoms with Crippen molar-refractivity contribution in [3.05, 3.63) is 70.1 Å². The van der Waals surface area contributed by atoms with Crippen LogP contribution in [0.3, 0.4) is 0 Å². The summed E-state index contributed by atoms with van der Waals surface area (Å²) < 4.78 is 26.1. The van der Waals surface area contributed by atoms with E-state index in [2.05, 4.69) is 4.90 Å². The minimum atomic E-state index is -3.36. The molecule has 0 saturated carbocycles. The summed E-state index contributed by atoms with van der Waals surface area (Å²) in [5, 5.41) is 0. The first kappa shape index (κ1) is 18.6. The summed E-state index contributed by atoms with van der Waals surface area (Å²) in [7, 11) is -0.469. The molecule has 3 heterocycles. The van der Waals surface area contributed by atoms with Crippen molar-refractivity contribution in [1.29, 1.82) is 0 Å². The van der Waals surface area contributed by atoms with Gasteiger partial charge >= 0.3 is 7.60 Å². The molecule has 0 amide bonds. The number of nitrogens with zero attached hydrogens (tertiary/aromatic N) is 2. The largest absolute Gasteiger partial charge is 0.351 e. The van der Waals surface area contributed by atoms with E-state index in [-0.39, 0.29) is 11.5 Å². The fourth-order valence-corrected chi connectivity index (χ4v) is 6.30. The molecule has 1 fully saturated rings. The molecule has 7 heteroatoms. The Balaban J connectivity index is 1.73. The first-order valence-corrected chi connectivity index (χ1v) is 10.9. The molecule has 0 spiro atoms. The topological polar surface area (TPSA) is 60.8 Å². The number of piperidine rings is 1. The highest BCUT2D eigenvalue weighted by molar-refractivity contribution is 7.54. The number of pyridine rings is 1. The molecule has 2 aliphatic heterocycles. The number of likely N-dealkylation sites (tertiary alicyclic amines) is 1. The van der Waals surface area contributed by atoms with Crippen LogP contribution in [0.15, 0.2) is 53.3 Å². The molecule has 6 nitrogen and oxygen atoms in total. The van der Waals surface area contributed by atoms with Crippen LogP contribution in [-0.4, -0.2) is 36.8 Å². The average Bonchev–Trinajstić information content (AvgIpc) is 2.69. The van der Waals surface area contributed by atoms with Gasteiger partial charge in [0.1, 0.15) is 5.78 Å². The minimum Gasteiger partial charge on any atom is -0.312 e. The predicted molar refractivity (Wildman–Crippen MR) is 104 cm³/mol. The first-order valence-electron chi connectivity index (χ1n) is 9.25. The standard InChI is InChI=1S/C20H25N2O4P/c1-25-27(24,26-2)20(16-7-4-3-5-8-16)21-12-15-11-17(14-21)18-9-6-10-19(23)22(18)13-15/h3-10,15,17,20H,11-14H2,1-2H3/t15-,17+,20?/m0/s1. The van der Waals surface area contributed by atoms with E-state index >= 15 is 0 Å². The fraction of sp³-hybridized carbons (Fsp3) is 0.450. The molecule has 0 N–H and O–H groups in total. The van der Waals surface area contributed by atoms with E-state index in [1.807, 2.05) is 47.0 Å². The molecule has 4 rings (SSSR count). The van der Waals surface area contributed by atoms with Gasteiger partial charge in [0.2, 0.25) is 0 Å². The highest BCUT2D eigenvalue weighted by atomic mass is 31.2. The Bertz CT molecular complexity index is 906. The van der Waals surface area contributed by atoms with E-state index in [1.54, 1.807) is 6.07 Å². The number of fused-ring (bicyclic) bond motifs is 4. The zero-order valence-electron chi connectivity index (χ0n) is 15.7. The second-order valence-electron chi connectivity index (χ2n) is 7.34. The predicted octanol–water partition coefficient (Wildman–Crippen LogP) is 3.45. The number of aromatic nitrogens is 1. The number of hydrogen-bond acceptors (Lipinski definition) is 5. The molecule has 3 atom stereocenters. The Morgan fingerprint density at radius 1 is 1.00 bits per heavy atom. The maximum atomic E-state index is 13.4. The second kappa shape index (κ2) is 7.36. The van der Waals surface area contributed by atoms with Gasteiger partial charge in [-0.05, 0) is 24.0 Å². The van der Waals surface area contributed by atoms with Gasteiger partial charge in [-0.1, -0.05) is 36.4 Å². The van der Waals surface area contributed by atoms with Crippen LogP contribution in [0.1, 0.15) is 29.4 Å². The van der Waals surface area contributed by atoms with Crippen LogP contribution in [0.5, 0.6) is 0 Å². The molecular weight excluding hydrogens is 363 g/mol. The summed E-state index contributed by atoms with van der Waals surface area (Å²) >= 11 is 0. The third-order valence-electron chi connectivity index (χ3n) is 5.76. The van der Waals surface area contributed by atoms with Crippen molar-refractivity contribution >= 4 is 7.60 Å². The summed E-state index contributed by atoms with van der Waals surface area (Å²) in [6.45, 7) is 2.18. The van der Waals surface area contributed by atoms with Crippen LogP contribution < -0.4 is 5.56 Å². The van der Waals surface area contributed by atoms with Crippen LogP contribution >= 0.6 is 7.60 Å². The number of rotatable bonds is 5. The van der Waals surface area contributed by atoms with E-state index < -0.39 is 13.4 Å². The van der Waals surface area contributed by atoms with Crippen LogP contribution in [0, 0.1) is 5.92 Å². The Hall–Kier alpha value is -1.72. The molecule has 2 aliphatic rings. The summed E-state index contributed by atoms with van der Waals surface area (Å²) in [6, 6.07) is 15.3. The van der Waals surface area contributed by atoms with Gasteiger partial charge in [0.05, 0.1) is 0 Å². The van der Waals surface area contributed by atoms with Gasteiger partial charge in [-0.3, -0.25) is 14.3 Å². The third kappa shape index (κ3) is 3.32. The van der Waals surface area contributed by atoms with E-state index in [1.165, 1.54) is 14.2 Å². The molecule has 1 aromatic carbocycles. The van der Waals surface area contributed by atoms with E-state index in [0.717, 1.165) is 30.8 Å². The lowest BCUT2D eigenvalue weighted by Crippen LogP contribution is -2.48. The monoisotopic (exact) mass is 388 g/mol. The molecule has 0 aliphatic carbocycles. The van der Waals surface area contributed by atoms with Crippen molar-refractivity contribution in [2.24, 2.45) is 5.92 Å². The van der Waals surface area contributed by atoms with Crippen LogP contribution in [0.4, 0.5) is 0 Å². The lowest BCUT2D eigenvalue weighted by Gasteiger charge is -2.46. The van der Waals surface area contributed by atoms with Crippen LogP contribution in [0.25, 0.3) is 0 Å². The number of benzene rings is 1. The molecule has 144 valence electrons. The fourth-order valence-electron chi connectivity index (χ4n) is 4.63. The van der Waals surface area contributed by atoms with Gasteiger partial charge in [0, 0.05) is 51.5 Å².